The molecular weight excluding hydrogens is 160 g/mol. The second kappa shape index (κ2) is 2.80. The van der Waals surface area contributed by atoms with Crippen molar-refractivity contribution in [3.8, 4) is 0 Å². The van der Waals surface area contributed by atoms with Gasteiger partial charge in [0.1, 0.15) is 0 Å². The van der Waals surface area contributed by atoms with Gasteiger partial charge < -0.3 is 10.3 Å². The van der Waals surface area contributed by atoms with Crippen molar-refractivity contribution in [2.24, 2.45) is 7.05 Å². The largest absolute Gasteiger partial charge is 0.397 e. The van der Waals surface area contributed by atoms with E-state index in [1.165, 1.54) is 11.1 Å². The van der Waals surface area contributed by atoms with Gasteiger partial charge in [0.2, 0.25) is 0 Å². The second-order valence-corrected chi connectivity index (χ2v) is 3.40. The van der Waals surface area contributed by atoms with Crippen LogP contribution in [0.5, 0.6) is 0 Å². The van der Waals surface area contributed by atoms with Gasteiger partial charge in [0.05, 0.1) is 11.2 Å². The molecule has 0 saturated carbocycles. The molecule has 0 fully saturated rings. The Hall–Kier alpha value is -1.44. The monoisotopic (exact) mass is 174 g/mol. The van der Waals surface area contributed by atoms with Crippen LogP contribution in [-0.2, 0) is 13.5 Å². The predicted molar refractivity (Wildman–Crippen MR) is 56.7 cm³/mol. The number of nitrogens with two attached hydrogens (primary N) is 1. The maximum absolute atomic E-state index is 5.85. The van der Waals surface area contributed by atoms with Crippen LogP contribution in [-0.4, -0.2) is 4.57 Å². The Bertz CT molecular complexity index is 441. The molecule has 68 valence electrons. The summed E-state index contributed by atoms with van der Waals surface area (Å²) in [5.41, 5.74) is 9.28. The summed E-state index contributed by atoms with van der Waals surface area (Å²) in [5.74, 6) is 0. The number of hydrogen-bond donors (Lipinski definition) is 1. The molecule has 0 aliphatic carbocycles. The van der Waals surface area contributed by atoms with Crippen molar-refractivity contribution >= 4 is 16.6 Å². The molecule has 2 aromatic rings. The Morgan fingerprint density at radius 3 is 2.85 bits per heavy atom. The highest BCUT2D eigenvalue weighted by molar-refractivity contribution is 5.92. The summed E-state index contributed by atoms with van der Waals surface area (Å²) in [6.45, 7) is 2.16. The summed E-state index contributed by atoms with van der Waals surface area (Å²) in [4.78, 5) is 0. The summed E-state index contributed by atoms with van der Waals surface area (Å²) >= 11 is 0. The zero-order valence-electron chi connectivity index (χ0n) is 8.04. The first-order valence-corrected chi connectivity index (χ1v) is 4.56. The van der Waals surface area contributed by atoms with Crippen LogP contribution in [0.25, 0.3) is 10.9 Å². The van der Waals surface area contributed by atoms with E-state index in [1.54, 1.807) is 0 Å². The average molecular weight is 174 g/mol. The zero-order valence-corrected chi connectivity index (χ0v) is 8.04. The summed E-state index contributed by atoms with van der Waals surface area (Å²) in [6.07, 6.45) is 3.03. The van der Waals surface area contributed by atoms with E-state index in [0.29, 0.717) is 0 Å². The standard InChI is InChI=1S/C11H14N2/c1-3-8-4-5-9-10(12)7-13(2)11(9)6-8/h4-7H,3,12H2,1-2H3. The van der Waals surface area contributed by atoms with Gasteiger partial charge in [-0.1, -0.05) is 19.1 Å². The molecular formula is C11H14N2. The summed E-state index contributed by atoms with van der Waals surface area (Å²) in [7, 11) is 2.03. The Kier molecular flexibility index (Phi) is 1.76. The Morgan fingerprint density at radius 1 is 1.38 bits per heavy atom. The van der Waals surface area contributed by atoms with E-state index in [4.69, 9.17) is 5.73 Å². The highest BCUT2D eigenvalue weighted by Crippen LogP contribution is 2.23. The average Bonchev–Trinajstić information content (AvgIpc) is 2.42. The van der Waals surface area contributed by atoms with Crippen LogP contribution in [0.15, 0.2) is 24.4 Å². The normalized spacial score (nSPS) is 10.9. The molecule has 1 heterocycles. The number of rotatable bonds is 1. The fourth-order valence-corrected chi connectivity index (χ4v) is 1.68. The molecule has 0 atom stereocenters. The lowest BCUT2D eigenvalue weighted by molar-refractivity contribution is 0.968. The topological polar surface area (TPSA) is 30.9 Å². The van der Waals surface area contributed by atoms with Gasteiger partial charge in [0.15, 0.2) is 0 Å². The highest BCUT2D eigenvalue weighted by atomic mass is 14.9. The van der Waals surface area contributed by atoms with Crippen molar-refractivity contribution < 1.29 is 0 Å². The van der Waals surface area contributed by atoms with Crippen molar-refractivity contribution in [3.05, 3.63) is 30.0 Å². The maximum atomic E-state index is 5.85. The number of nitrogen functional groups attached to an aromatic ring is 1. The Morgan fingerprint density at radius 2 is 2.15 bits per heavy atom. The lowest BCUT2D eigenvalue weighted by Crippen LogP contribution is -1.85. The first-order valence-electron chi connectivity index (χ1n) is 4.56. The second-order valence-electron chi connectivity index (χ2n) is 3.40. The molecule has 0 radical (unpaired) electrons. The number of anilines is 1. The fourth-order valence-electron chi connectivity index (χ4n) is 1.68. The lowest BCUT2D eigenvalue weighted by Gasteiger charge is -1.99. The van der Waals surface area contributed by atoms with E-state index in [-0.39, 0.29) is 0 Å². The number of benzene rings is 1. The van der Waals surface area contributed by atoms with Crippen LogP contribution in [0.4, 0.5) is 5.69 Å². The number of aromatic nitrogens is 1. The van der Waals surface area contributed by atoms with Crippen molar-refractivity contribution in [3.63, 3.8) is 0 Å². The molecule has 0 spiro atoms. The fraction of sp³-hybridized carbons (Fsp3) is 0.273. The first-order chi connectivity index (χ1) is 6.22. The molecule has 0 bridgehead atoms. The predicted octanol–water partition coefficient (Wildman–Crippen LogP) is 2.32. The minimum absolute atomic E-state index is 0.861. The molecule has 2 heteroatoms. The smallest absolute Gasteiger partial charge is 0.0573 e. The van der Waals surface area contributed by atoms with Crippen LogP contribution in [0.3, 0.4) is 0 Å². The van der Waals surface area contributed by atoms with Gasteiger partial charge in [0.25, 0.3) is 0 Å². The van der Waals surface area contributed by atoms with Gasteiger partial charge in [-0.3, -0.25) is 0 Å². The third-order valence-electron chi connectivity index (χ3n) is 2.49. The van der Waals surface area contributed by atoms with E-state index in [1.807, 2.05) is 13.2 Å². The molecule has 1 aromatic heterocycles. The number of aryl methyl sites for hydroxylation is 2. The molecule has 2 N–H and O–H groups in total. The molecule has 2 nitrogen and oxygen atoms in total. The van der Waals surface area contributed by atoms with E-state index in [0.717, 1.165) is 17.5 Å². The molecule has 0 aliphatic heterocycles. The molecule has 2 rings (SSSR count). The Balaban J connectivity index is 2.76. The molecule has 0 saturated heterocycles. The van der Waals surface area contributed by atoms with Crippen molar-refractivity contribution in [2.45, 2.75) is 13.3 Å². The first kappa shape index (κ1) is 8.17. The summed E-state index contributed by atoms with van der Waals surface area (Å²) in [5, 5.41) is 1.15. The van der Waals surface area contributed by atoms with Gasteiger partial charge in [-0.25, -0.2) is 0 Å². The number of fused-ring (bicyclic) bond motifs is 1. The molecule has 13 heavy (non-hydrogen) atoms. The van der Waals surface area contributed by atoms with Crippen LogP contribution in [0.1, 0.15) is 12.5 Å². The summed E-state index contributed by atoms with van der Waals surface area (Å²) in [6, 6.07) is 6.44. The van der Waals surface area contributed by atoms with Crippen molar-refractivity contribution in [1.29, 1.82) is 0 Å². The maximum Gasteiger partial charge on any atom is 0.0573 e. The minimum atomic E-state index is 0.861. The van der Waals surface area contributed by atoms with Crippen molar-refractivity contribution in [2.75, 3.05) is 5.73 Å². The zero-order chi connectivity index (χ0) is 9.42. The SMILES string of the molecule is CCc1ccc2c(N)cn(C)c2c1. The Labute approximate surface area is 78.0 Å². The van der Waals surface area contributed by atoms with Gasteiger partial charge in [-0.15, -0.1) is 0 Å². The highest BCUT2D eigenvalue weighted by Gasteiger charge is 2.02. The van der Waals surface area contributed by atoms with Gasteiger partial charge in [-0.05, 0) is 18.1 Å². The van der Waals surface area contributed by atoms with Crippen LogP contribution >= 0.6 is 0 Å². The van der Waals surface area contributed by atoms with Crippen LogP contribution in [0.2, 0.25) is 0 Å². The molecule has 0 unspecified atom stereocenters. The van der Waals surface area contributed by atoms with Crippen LogP contribution in [0, 0.1) is 0 Å². The van der Waals surface area contributed by atoms with E-state index >= 15 is 0 Å². The number of nitrogens with zero attached hydrogens (tertiary/aromatic N) is 1. The van der Waals surface area contributed by atoms with Crippen LogP contribution < -0.4 is 5.73 Å². The van der Waals surface area contributed by atoms with Gasteiger partial charge in [-0.2, -0.15) is 0 Å². The van der Waals surface area contributed by atoms with E-state index in [2.05, 4.69) is 29.7 Å². The minimum Gasteiger partial charge on any atom is -0.397 e. The van der Waals surface area contributed by atoms with Crippen molar-refractivity contribution in [1.82, 2.24) is 4.57 Å². The third-order valence-corrected chi connectivity index (χ3v) is 2.49. The van der Waals surface area contributed by atoms with Gasteiger partial charge in [0, 0.05) is 18.6 Å². The summed E-state index contributed by atoms with van der Waals surface area (Å²) < 4.78 is 2.07. The van der Waals surface area contributed by atoms with E-state index in [9.17, 15) is 0 Å². The lowest BCUT2D eigenvalue weighted by atomic mass is 10.1. The van der Waals surface area contributed by atoms with E-state index < -0.39 is 0 Å². The molecule has 0 amide bonds. The quantitative estimate of drug-likeness (QED) is 0.706. The molecule has 1 aromatic carbocycles. The number of hydrogen-bond acceptors (Lipinski definition) is 1. The van der Waals surface area contributed by atoms with Gasteiger partial charge >= 0.3 is 0 Å². The molecule has 0 aliphatic rings. The third kappa shape index (κ3) is 1.18.